The van der Waals surface area contributed by atoms with E-state index in [-0.39, 0.29) is 26.5 Å². The molecular formula is C27H31Cl2N3NiO2. The van der Waals surface area contributed by atoms with Gasteiger partial charge in [-0.25, -0.2) is 9.97 Å². The van der Waals surface area contributed by atoms with Crippen molar-refractivity contribution >= 4 is 35.1 Å². The van der Waals surface area contributed by atoms with Crippen LogP contribution in [-0.2, 0) is 27.3 Å². The zero-order valence-corrected chi connectivity index (χ0v) is 23.8. The fourth-order valence-electron chi connectivity index (χ4n) is 3.49. The number of benzene rings is 2. The Bertz CT molecular complexity index is 1090. The van der Waals surface area contributed by atoms with Crippen LogP contribution >= 0.6 is 23.2 Å². The minimum atomic E-state index is -0.540. The van der Waals surface area contributed by atoms with Crippen molar-refractivity contribution in [1.29, 1.82) is 0 Å². The Balaban J connectivity index is 0.000000342. The molecule has 0 bridgehead atoms. The Morgan fingerprint density at radius 1 is 0.771 bits per heavy atom. The molecule has 5 nitrogen and oxygen atoms in total. The van der Waals surface area contributed by atoms with Crippen molar-refractivity contribution in [3.8, 4) is 11.5 Å². The first-order valence-electron chi connectivity index (χ1n) is 10.9. The van der Waals surface area contributed by atoms with Crippen molar-refractivity contribution in [2.24, 2.45) is 4.99 Å². The summed E-state index contributed by atoms with van der Waals surface area (Å²) in [7, 11) is 0. The van der Waals surface area contributed by atoms with Gasteiger partial charge in [0.15, 0.2) is 5.82 Å². The average Bonchev–Trinajstić information content (AvgIpc) is 2.71. The molecule has 0 amide bonds. The summed E-state index contributed by atoms with van der Waals surface area (Å²) < 4.78 is 0. The Kier molecular flexibility index (Phi) is 10.8. The Morgan fingerprint density at radius 3 is 1.54 bits per heavy atom. The number of halogens is 2. The van der Waals surface area contributed by atoms with Gasteiger partial charge in [0.25, 0.3) is 0 Å². The summed E-state index contributed by atoms with van der Waals surface area (Å²) in [5, 5.41) is 24.8. The average molecular weight is 559 g/mol. The molecule has 1 heterocycles. The summed E-state index contributed by atoms with van der Waals surface area (Å²) in [6.07, 6.45) is 5.10. The van der Waals surface area contributed by atoms with Gasteiger partial charge in [0, 0.05) is 12.4 Å². The van der Waals surface area contributed by atoms with E-state index in [0.29, 0.717) is 17.0 Å². The number of hydrogen-bond donors (Lipinski definition) is 0. The van der Waals surface area contributed by atoms with E-state index in [4.69, 9.17) is 23.2 Å². The minimum Gasteiger partial charge on any atom is -0.873 e. The molecule has 3 rings (SSSR count). The van der Waals surface area contributed by atoms with Gasteiger partial charge in [0.1, 0.15) is 0 Å². The van der Waals surface area contributed by atoms with Crippen molar-refractivity contribution in [3.63, 3.8) is 0 Å². The Labute approximate surface area is 228 Å². The summed E-state index contributed by atoms with van der Waals surface area (Å²) in [5.41, 5.74) is 2.90. The first-order chi connectivity index (χ1) is 15.7. The molecule has 190 valence electrons. The van der Waals surface area contributed by atoms with Gasteiger partial charge in [-0.2, -0.15) is 0 Å². The normalized spacial score (nSPS) is 11.6. The van der Waals surface area contributed by atoms with Gasteiger partial charge in [0.2, 0.25) is 0 Å². The van der Waals surface area contributed by atoms with Crippen molar-refractivity contribution in [2.75, 3.05) is 0 Å². The SMILES string of the molecule is CC(C)(C)c1c([O-])c([O-])c(C(C)(C)C)c(Cl)c1Cl.Cc1cccc(C)c1N=Cc1ncccn1.[Ni+2]. The number of para-hydroxylation sites is 1. The van der Waals surface area contributed by atoms with Crippen LogP contribution in [0.25, 0.3) is 0 Å². The molecule has 0 atom stereocenters. The van der Waals surface area contributed by atoms with Gasteiger partial charge in [0.05, 0.1) is 21.9 Å². The number of rotatable bonds is 2. The zero-order valence-electron chi connectivity index (χ0n) is 21.3. The number of aromatic nitrogens is 2. The van der Waals surface area contributed by atoms with E-state index in [1.165, 1.54) is 0 Å². The van der Waals surface area contributed by atoms with Crippen LogP contribution in [0.4, 0.5) is 5.69 Å². The van der Waals surface area contributed by atoms with E-state index in [9.17, 15) is 10.2 Å². The molecule has 3 aromatic rings. The van der Waals surface area contributed by atoms with Crippen LogP contribution in [0.1, 0.15) is 69.6 Å². The second-order valence-electron chi connectivity index (χ2n) is 10.1. The second-order valence-corrected chi connectivity index (χ2v) is 10.9. The molecule has 0 fully saturated rings. The predicted octanol–water partition coefficient (Wildman–Crippen LogP) is 6.58. The summed E-state index contributed by atoms with van der Waals surface area (Å²) >= 11 is 12.4. The molecule has 0 aliphatic carbocycles. The van der Waals surface area contributed by atoms with Crippen LogP contribution in [-0.4, -0.2) is 16.2 Å². The summed E-state index contributed by atoms with van der Waals surface area (Å²) in [5.74, 6) is -0.450. The van der Waals surface area contributed by atoms with Crippen LogP contribution in [0.2, 0.25) is 10.0 Å². The molecule has 0 saturated heterocycles. The van der Waals surface area contributed by atoms with E-state index in [1.54, 1.807) is 24.7 Å². The smallest absolute Gasteiger partial charge is 0.873 e. The summed E-state index contributed by atoms with van der Waals surface area (Å²) in [4.78, 5) is 12.6. The molecule has 0 unspecified atom stereocenters. The first-order valence-corrected chi connectivity index (χ1v) is 11.7. The van der Waals surface area contributed by atoms with E-state index < -0.39 is 22.3 Å². The zero-order chi connectivity index (χ0) is 25.8. The molecule has 0 spiro atoms. The monoisotopic (exact) mass is 557 g/mol. The van der Waals surface area contributed by atoms with Crippen molar-refractivity contribution in [3.05, 3.63) is 74.8 Å². The number of aryl methyl sites for hydroxylation is 2. The summed E-state index contributed by atoms with van der Waals surface area (Å²) in [6, 6.07) is 7.91. The third-order valence-corrected chi connectivity index (χ3v) is 5.98. The van der Waals surface area contributed by atoms with Gasteiger partial charge >= 0.3 is 16.5 Å². The maximum atomic E-state index is 12.2. The van der Waals surface area contributed by atoms with Crippen LogP contribution in [0, 0.1) is 13.8 Å². The van der Waals surface area contributed by atoms with Crippen molar-refractivity contribution in [1.82, 2.24) is 9.97 Å². The Morgan fingerprint density at radius 2 is 1.17 bits per heavy atom. The van der Waals surface area contributed by atoms with Crippen molar-refractivity contribution < 1.29 is 26.7 Å². The second kappa shape index (κ2) is 12.2. The van der Waals surface area contributed by atoms with Crippen LogP contribution in [0.5, 0.6) is 11.5 Å². The Hall–Kier alpha value is -2.14. The fourth-order valence-corrected chi connectivity index (χ4v) is 4.42. The third kappa shape index (κ3) is 7.67. The molecule has 0 radical (unpaired) electrons. The van der Waals surface area contributed by atoms with Gasteiger partial charge in [-0.3, -0.25) is 4.99 Å². The third-order valence-electron chi connectivity index (χ3n) is 5.13. The number of hydrogen-bond acceptors (Lipinski definition) is 5. The first kappa shape index (κ1) is 30.9. The summed E-state index contributed by atoms with van der Waals surface area (Å²) in [6.45, 7) is 15.1. The van der Waals surface area contributed by atoms with Gasteiger partial charge < -0.3 is 10.2 Å². The molecule has 0 aliphatic heterocycles. The molecule has 8 heteroatoms. The minimum absolute atomic E-state index is 0. The molecule has 35 heavy (non-hydrogen) atoms. The van der Waals surface area contributed by atoms with E-state index in [1.807, 2.05) is 73.6 Å². The van der Waals surface area contributed by atoms with Gasteiger partial charge in [-0.15, -0.1) is 11.5 Å². The fraction of sp³-hybridized carbons (Fsp3) is 0.370. The molecule has 0 saturated carbocycles. The van der Waals surface area contributed by atoms with Crippen LogP contribution in [0.15, 0.2) is 41.7 Å². The van der Waals surface area contributed by atoms with E-state index >= 15 is 0 Å². The van der Waals surface area contributed by atoms with Gasteiger partial charge in [-0.05, 0) is 53.0 Å². The topological polar surface area (TPSA) is 84.3 Å². The van der Waals surface area contributed by atoms with Crippen LogP contribution < -0.4 is 10.2 Å². The standard InChI is InChI=1S/C14H20Cl2O2.C13H13N3.Ni/c1-13(2,3)7-9(15)10(16)8(14(4,5)6)12(18)11(7)17;1-10-5-3-6-11(2)13(10)16-9-12-14-7-4-8-15-12;/h17-18H,1-6H3;3-9H,1-2H3;/q;;+2/p-2. The maximum absolute atomic E-state index is 12.2. The maximum Gasteiger partial charge on any atom is 2.00 e. The van der Waals surface area contributed by atoms with E-state index in [0.717, 1.165) is 16.8 Å². The molecule has 2 aromatic carbocycles. The molecule has 0 N–H and O–H groups in total. The predicted molar refractivity (Wildman–Crippen MR) is 138 cm³/mol. The molecule has 1 aromatic heterocycles. The molecular weight excluding hydrogens is 528 g/mol. The van der Waals surface area contributed by atoms with Crippen LogP contribution in [0.3, 0.4) is 0 Å². The number of nitrogens with zero attached hydrogens (tertiary/aromatic N) is 3. The van der Waals surface area contributed by atoms with E-state index in [2.05, 4.69) is 15.0 Å². The molecule has 0 aliphatic rings. The number of aliphatic imine (C=N–C) groups is 1. The largest absolute Gasteiger partial charge is 2.00 e. The van der Waals surface area contributed by atoms with Gasteiger partial charge in [-0.1, -0.05) is 82.9 Å². The van der Waals surface area contributed by atoms with Crippen molar-refractivity contribution in [2.45, 2.75) is 66.2 Å². The quantitative estimate of drug-likeness (QED) is 0.263.